The molecule has 0 spiro atoms. The van der Waals surface area contributed by atoms with Crippen molar-refractivity contribution < 1.29 is 40.5 Å². The van der Waals surface area contributed by atoms with Crippen LogP contribution in [-0.4, -0.2) is 18.8 Å². The lowest BCUT2D eigenvalue weighted by Gasteiger charge is -2.17. The molecule has 0 aromatic heterocycles. The molecule has 12 heavy (non-hydrogen) atoms. The normalized spacial score (nSPS) is 16.2. The van der Waals surface area contributed by atoms with Gasteiger partial charge in [0.15, 0.2) is 0 Å². The van der Waals surface area contributed by atoms with Crippen molar-refractivity contribution >= 4 is 0 Å². The van der Waals surface area contributed by atoms with E-state index in [2.05, 4.69) is 4.74 Å². The highest BCUT2D eigenvalue weighted by Crippen LogP contribution is 2.29. The van der Waals surface area contributed by atoms with Crippen LogP contribution in [0, 0.1) is 0 Å². The van der Waals surface area contributed by atoms with Gasteiger partial charge in [0.1, 0.15) is 0 Å². The Morgan fingerprint density at radius 3 is 1.42 bits per heavy atom. The smallest absolute Gasteiger partial charge is 0.249 e. The number of alkyl halides is 6. The summed E-state index contributed by atoms with van der Waals surface area (Å²) in [5.74, 6) is 0. The predicted molar refractivity (Wildman–Crippen MR) is 19.2 cm³/mol. The summed E-state index contributed by atoms with van der Waals surface area (Å²) >= 11 is 0. The topological polar surface area (TPSA) is 18.5 Å². The van der Waals surface area contributed by atoms with Crippen LogP contribution in [0.5, 0.6) is 0 Å². The van der Waals surface area contributed by atoms with E-state index in [0.717, 1.165) is 0 Å². The molecule has 0 amide bonds. The van der Waals surface area contributed by atoms with E-state index < -0.39 is 18.8 Å². The molecule has 0 aliphatic carbocycles. The Morgan fingerprint density at radius 1 is 0.917 bits per heavy atom. The fraction of sp³-hybridized carbons (Fsp3) is 1.00. The van der Waals surface area contributed by atoms with Crippen LogP contribution >= 0.6 is 0 Å². The fourth-order valence-electron chi connectivity index (χ4n) is 0.257. The molecule has 1 atom stereocenters. The standard InChI is InChI=1S/C3HF7O2/c4-2(5,6)1(12-10)11-3(7,8)9/h1H. The van der Waals surface area contributed by atoms with E-state index in [-0.39, 0.29) is 0 Å². The molecule has 0 radical (unpaired) electrons. The first-order valence-electron chi connectivity index (χ1n) is 2.25. The average Bonchev–Trinajstić information content (AvgIpc) is 1.78. The van der Waals surface area contributed by atoms with Crippen molar-refractivity contribution in [2.45, 2.75) is 18.8 Å². The van der Waals surface area contributed by atoms with Gasteiger partial charge >= 0.3 is 12.5 Å². The van der Waals surface area contributed by atoms with Crippen molar-refractivity contribution in [1.29, 1.82) is 0 Å². The monoisotopic (exact) mass is 202 g/mol. The number of hydrogen-bond donors (Lipinski definition) is 0. The van der Waals surface area contributed by atoms with E-state index in [0.29, 0.717) is 0 Å². The predicted octanol–water partition coefficient (Wildman–Crippen LogP) is 2.31. The van der Waals surface area contributed by atoms with Gasteiger partial charge in [0.05, 0.1) is 0 Å². The van der Waals surface area contributed by atoms with Gasteiger partial charge in [-0.05, 0) is 4.53 Å². The van der Waals surface area contributed by atoms with Crippen LogP contribution in [0.4, 0.5) is 30.9 Å². The van der Waals surface area contributed by atoms with Crippen LogP contribution in [0.15, 0.2) is 0 Å². The summed E-state index contributed by atoms with van der Waals surface area (Å²) < 4.78 is 80.0. The maximum absolute atomic E-state index is 11.3. The third-order valence-electron chi connectivity index (χ3n) is 0.589. The zero-order valence-electron chi connectivity index (χ0n) is 5.04. The number of rotatable bonds is 2. The molecular weight excluding hydrogens is 201 g/mol. The van der Waals surface area contributed by atoms with Crippen LogP contribution in [0.25, 0.3) is 0 Å². The van der Waals surface area contributed by atoms with Crippen molar-refractivity contribution in [1.82, 2.24) is 0 Å². The number of hydrogen-bond acceptors (Lipinski definition) is 2. The van der Waals surface area contributed by atoms with Crippen molar-refractivity contribution in [2.24, 2.45) is 0 Å². The van der Waals surface area contributed by atoms with Gasteiger partial charge in [0, 0.05) is 0 Å². The molecule has 0 aliphatic heterocycles. The van der Waals surface area contributed by atoms with Gasteiger partial charge in [-0.3, -0.25) is 0 Å². The van der Waals surface area contributed by atoms with Crippen LogP contribution in [0.1, 0.15) is 0 Å². The number of halogens is 7. The van der Waals surface area contributed by atoms with Crippen LogP contribution in [0.2, 0.25) is 0 Å². The summed E-state index contributed by atoms with van der Waals surface area (Å²) in [6, 6.07) is 0. The molecule has 0 heterocycles. The van der Waals surface area contributed by atoms with Crippen molar-refractivity contribution in [3.63, 3.8) is 0 Å². The first kappa shape index (κ1) is 11.4. The van der Waals surface area contributed by atoms with Gasteiger partial charge in [-0.1, -0.05) is 0 Å². The Morgan fingerprint density at radius 2 is 1.33 bits per heavy atom. The second-order valence-electron chi connectivity index (χ2n) is 1.53. The summed E-state index contributed by atoms with van der Waals surface area (Å²) in [6.45, 7) is 0. The van der Waals surface area contributed by atoms with Crippen molar-refractivity contribution in [3.05, 3.63) is 0 Å². The average molecular weight is 202 g/mol. The van der Waals surface area contributed by atoms with E-state index in [1.807, 2.05) is 4.94 Å². The van der Waals surface area contributed by atoms with E-state index in [1.165, 1.54) is 0 Å². The van der Waals surface area contributed by atoms with Gasteiger partial charge in [0.2, 0.25) is 0 Å². The SMILES string of the molecule is FOC(OC(F)(F)F)C(F)(F)F. The zero-order chi connectivity index (χ0) is 9.99. The molecule has 0 aliphatic rings. The highest BCUT2D eigenvalue weighted by molar-refractivity contribution is 4.54. The third-order valence-corrected chi connectivity index (χ3v) is 0.589. The Balaban J connectivity index is 4.20. The quantitative estimate of drug-likeness (QED) is 0.505. The maximum atomic E-state index is 11.3. The first-order valence-corrected chi connectivity index (χ1v) is 2.25. The molecule has 1 unspecified atom stereocenters. The molecule has 74 valence electrons. The Kier molecular flexibility index (Phi) is 3.27. The third kappa shape index (κ3) is 4.34. The lowest BCUT2D eigenvalue weighted by Crippen LogP contribution is -2.37. The minimum Gasteiger partial charge on any atom is -0.249 e. The van der Waals surface area contributed by atoms with Crippen LogP contribution in [-0.2, 0) is 9.68 Å². The second-order valence-corrected chi connectivity index (χ2v) is 1.53. The molecule has 0 N–H and O–H groups in total. The molecule has 2 nitrogen and oxygen atoms in total. The summed E-state index contributed by atoms with van der Waals surface area (Å²) in [5, 5.41) is 0. The molecule has 0 saturated heterocycles. The van der Waals surface area contributed by atoms with Gasteiger partial charge in [-0.2, -0.15) is 18.1 Å². The van der Waals surface area contributed by atoms with Crippen LogP contribution < -0.4 is 0 Å². The zero-order valence-corrected chi connectivity index (χ0v) is 5.04. The minimum absolute atomic E-state index is 1.92. The summed E-state index contributed by atoms with van der Waals surface area (Å²) in [6.07, 6.45) is -15.1. The van der Waals surface area contributed by atoms with Crippen LogP contribution in [0.3, 0.4) is 0 Å². The molecule has 0 bridgehead atoms. The maximum Gasteiger partial charge on any atom is 0.525 e. The lowest BCUT2D eigenvalue weighted by atomic mass is 10.6. The van der Waals surface area contributed by atoms with E-state index in [4.69, 9.17) is 0 Å². The summed E-state index contributed by atoms with van der Waals surface area (Å²) in [4.78, 5) is 1.92. The molecule has 9 heteroatoms. The van der Waals surface area contributed by atoms with Gasteiger partial charge in [-0.25, -0.2) is 4.74 Å². The highest BCUT2D eigenvalue weighted by atomic mass is 19.4. The lowest BCUT2D eigenvalue weighted by molar-refractivity contribution is -0.459. The van der Waals surface area contributed by atoms with Gasteiger partial charge in [-0.15, -0.1) is 13.2 Å². The first-order chi connectivity index (χ1) is 5.17. The largest absolute Gasteiger partial charge is 0.525 e. The van der Waals surface area contributed by atoms with E-state index >= 15 is 0 Å². The highest BCUT2D eigenvalue weighted by Gasteiger charge is 2.50. The van der Waals surface area contributed by atoms with Gasteiger partial charge < -0.3 is 0 Å². The molecular formula is C3HF7O2. The molecule has 0 rings (SSSR count). The van der Waals surface area contributed by atoms with E-state index in [9.17, 15) is 30.9 Å². The Bertz CT molecular complexity index is 137. The molecule has 0 fully saturated rings. The van der Waals surface area contributed by atoms with Crippen molar-refractivity contribution in [3.8, 4) is 0 Å². The fourth-order valence-corrected chi connectivity index (χ4v) is 0.257. The van der Waals surface area contributed by atoms with Gasteiger partial charge in [0.25, 0.3) is 6.29 Å². The summed E-state index contributed by atoms with van der Waals surface area (Å²) in [5.41, 5.74) is 0. The minimum atomic E-state index is -5.60. The second kappa shape index (κ2) is 3.44. The molecule has 0 aromatic rings. The number of ether oxygens (including phenoxy) is 1. The summed E-state index contributed by atoms with van der Waals surface area (Å²) in [7, 11) is 0. The molecule has 0 aromatic carbocycles. The Labute approximate surface area is 60.8 Å². The Hall–Kier alpha value is -0.570. The molecule has 0 saturated carbocycles. The van der Waals surface area contributed by atoms with Crippen molar-refractivity contribution in [2.75, 3.05) is 0 Å². The van der Waals surface area contributed by atoms with E-state index in [1.54, 1.807) is 0 Å².